The SMILES string of the molecule is OC(CC1CCC(F)(F)C1)c1cc(Br)c(Br)s1. The Bertz CT molecular complexity index is 389. The summed E-state index contributed by atoms with van der Waals surface area (Å²) < 4.78 is 27.9. The van der Waals surface area contributed by atoms with Crippen molar-refractivity contribution in [2.75, 3.05) is 0 Å². The number of aliphatic hydroxyl groups is 1. The summed E-state index contributed by atoms with van der Waals surface area (Å²) in [7, 11) is 0. The third-order valence-electron chi connectivity index (χ3n) is 3.05. The van der Waals surface area contributed by atoms with Crippen molar-refractivity contribution < 1.29 is 13.9 Å². The highest BCUT2D eigenvalue weighted by Crippen LogP contribution is 2.44. The van der Waals surface area contributed by atoms with E-state index in [4.69, 9.17) is 0 Å². The van der Waals surface area contributed by atoms with Crippen LogP contribution in [0.1, 0.15) is 36.7 Å². The Kier molecular flexibility index (Phi) is 4.28. The van der Waals surface area contributed by atoms with Crippen molar-refractivity contribution in [3.63, 3.8) is 0 Å². The molecule has 17 heavy (non-hydrogen) atoms. The van der Waals surface area contributed by atoms with E-state index < -0.39 is 12.0 Å². The molecule has 0 aromatic carbocycles. The molecular formula is C11H12Br2F2OS. The predicted octanol–water partition coefficient (Wildman–Crippen LogP) is 5.13. The molecule has 96 valence electrons. The number of hydrogen-bond donors (Lipinski definition) is 1. The largest absolute Gasteiger partial charge is 0.388 e. The number of rotatable bonds is 3. The minimum atomic E-state index is -2.53. The van der Waals surface area contributed by atoms with Gasteiger partial charge in [-0.15, -0.1) is 11.3 Å². The van der Waals surface area contributed by atoms with Crippen LogP contribution in [0.25, 0.3) is 0 Å². The molecule has 1 fully saturated rings. The quantitative estimate of drug-likeness (QED) is 0.759. The second-order valence-corrected chi connectivity index (χ2v) is 7.74. The molecule has 1 aromatic heterocycles. The van der Waals surface area contributed by atoms with Crippen LogP contribution in [-0.4, -0.2) is 11.0 Å². The maximum absolute atomic E-state index is 13.0. The highest BCUT2D eigenvalue weighted by molar-refractivity contribution is 9.13. The fourth-order valence-corrected chi connectivity index (χ4v) is 4.29. The molecule has 1 nitrogen and oxygen atoms in total. The van der Waals surface area contributed by atoms with Gasteiger partial charge in [0.05, 0.1) is 9.89 Å². The standard InChI is InChI=1S/C11H12Br2F2OS/c12-7-4-9(17-10(7)13)8(16)3-6-1-2-11(14,15)5-6/h4,6,8,16H,1-3,5H2. The van der Waals surface area contributed by atoms with E-state index in [1.54, 1.807) is 0 Å². The zero-order valence-corrected chi connectivity index (χ0v) is 12.9. The molecule has 0 saturated heterocycles. The summed E-state index contributed by atoms with van der Waals surface area (Å²) in [4.78, 5) is 0.818. The van der Waals surface area contributed by atoms with E-state index in [0.717, 1.165) is 13.1 Å². The molecule has 1 saturated carbocycles. The summed E-state index contributed by atoms with van der Waals surface area (Å²) in [6.45, 7) is 0. The predicted molar refractivity (Wildman–Crippen MR) is 71.6 cm³/mol. The van der Waals surface area contributed by atoms with Gasteiger partial charge in [0.15, 0.2) is 0 Å². The highest BCUT2D eigenvalue weighted by Gasteiger charge is 2.40. The molecule has 1 N–H and O–H groups in total. The molecule has 2 rings (SSSR count). The smallest absolute Gasteiger partial charge is 0.248 e. The van der Waals surface area contributed by atoms with Crippen LogP contribution in [0.5, 0.6) is 0 Å². The maximum atomic E-state index is 13.0. The van der Waals surface area contributed by atoms with Gasteiger partial charge in [-0.3, -0.25) is 0 Å². The van der Waals surface area contributed by atoms with Crippen LogP contribution in [0.15, 0.2) is 14.3 Å². The van der Waals surface area contributed by atoms with E-state index in [-0.39, 0.29) is 18.8 Å². The van der Waals surface area contributed by atoms with Gasteiger partial charge in [-0.2, -0.15) is 0 Å². The van der Waals surface area contributed by atoms with E-state index >= 15 is 0 Å². The normalized spacial score (nSPS) is 25.1. The molecule has 1 aromatic rings. The first-order valence-corrected chi connectivity index (χ1v) is 7.78. The third kappa shape index (κ3) is 3.49. The summed E-state index contributed by atoms with van der Waals surface area (Å²) in [6, 6.07) is 1.84. The summed E-state index contributed by atoms with van der Waals surface area (Å²) in [5.74, 6) is -2.60. The Labute approximate surface area is 119 Å². The van der Waals surface area contributed by atoms with Crippen LogP contribution in [0, 0.1) is 5.92 Å². The lowest BCUT2D eigenvalue weighted by molar-refractivity contribution is 0.00262. The monoisotopic (exact) mass is 388 g/mol. The Hall–Kier alpha value is 0.480. The fourth-order valence-electron chi connectivity index (χ4n) is 2.20. The topological polar surface area (TPSA) is 20.2 Å². The summed E-state index contributed by atoms with van der Waals surface area (Å²) in [5, 5.41) is 10.0. The van der Waals surface area contributed by atoms with E-state index in [0.29, 0.717) is 12.8 Å². The lowest BCUT2D eigenvalue weighted by Crippen LogP contribution is -2.11. The molecule has 2 unspecified atom stereocenters. The zero-order chi connectivity index (χ0) is 12.6. The number of alkyl halides is 2. The van der Waals surface area contributed by atoms with Gasteiger partial charge in [0, 0.05) is 22.2 Å². The number of thiophene rings is 1. The van der Waals surface area contributed by atoms with Crippen LogP contribution < -0.4 is 0 Å². The molecule has 0 amide bonds. The number of aliphatic hydroxyl groups excluding tert-OH is 1. The molecule has 6 heteroatoms. The fraction of sp³-hybridized carbons (Fsp3) is 0.636. The van der Waals surface area contributed by atoms with Crippen LogP contribution in [0.2, 0.25) is 0 Å². The van der Waals surface area contributed by atoms with Crippen molar-refractivity contribution in [1.82, 2.24) is 0 Å². The molecule has 2 atom stereocenters. The van der Waals surface area contributed by atoms with Crippen LogP contribution in [-0.2, 0) is 0 Å². The van der Waals surface area contributed by atoms with Gasteiger partial charge in [-0.1, -0.05) is 0 Å². The second kappa shape index (κ2) is 5.23. The molecule has 0 bridgehead atoms. The Balaban J connectivity index is 1.96. The first-order valence-electron chi connectivity index (χ1n) is 5.38. The third-order valence-corrected chi connectivity index (χ3v) is 6.41. The zero-order valence-electron chi connectivity index (χ0n) is 8.93. The van der Waals surface area contributed by atoms with Gasteiger partial charge in [0.2, 0.25) is 5.92 Å². The summed E-state index contributed by atoms with van der Waals surface area (Å²) in [5.41, 5.74) is 0. The van der Waals surface area contributed by atoms with Gasteiger partial charge in [-0.05, 0) is 56.7 Å². The van der Waals surface area contributed by atoms with Crippen molar-refractivity contribution in [3.05, 3.63) is 19.2 Å². The van der Waals surface area contributed by atoms with Crippen LogP contribution >= 0.6 is 43.2 Å². The van der Waals surface area contributed by atoms with E-state index in [1.165, 1.54) is 11.3 Å². The van der Waals surface area contributed by atoms with Gasteiger partial charge in [0.25, 0.3) is 0 Å². The molecule has 1 aliphatic rings. The van der Waals surface area contributed by atoms with Gasteiger partial charge >= 0.3 is 0 Å². The van der Waals surface area contributed by atoms with E-state index in [9.17, 15) is 13.9 Å². The van der Waals surface area contributed by atoms with Crippen molar-refractivity contribution in [2.24, 2.45) is 5.92 Å². The van der Waals surface area contributed by atoms with Crippen LogP contribution in [0.3, 0.4) is 0 Å². The molecule has 0 radical (unpaired) electrons. The van der Waals surface area contributed by atoms with Crippen molar-refractivity contribution in [2.45, 2.75) is 37.7 Å². The number of halogens is 4. The van der Waals surface area contributed by atoms with Gasteiger partial charge < -0.3 is 5.11 Å². The Morgan fingerprint density at radius 3 is 2.71 bits per heavy atom. The van der Waals surface area contributed by atoms with Gasteiger partial charge in [0.1, 0.15) is 0 Å². The first-order chi connectivity index (χ1) is 7.87. The Morgan fingerprint density at radius 1 is 1.53 bits per heavy atom. The summed E-state index contributed by atoms with van der Waals surface area (Å²) >= 11 is 8.14. The minimum Gasteiger partial charge on any atom is -0.388 e. The first kappa shape index (κ1) is 13.9. The molecule has 0 aliphatic heterocycles. The average molecular weight is 390 g/mol. The van der Waals surface area contributed by atoms with Crippen molar-refractivity contribution in [3.8, 4) is 0 Å². The van der Waals surface area contributed by atoms with Gasteiger partial charge in [-0.25, -0.2) is 8.78 Å². The summed E-state index contributed by atoms with van der Waals surface area (Å²) in [6.07, 6.45) is 0.175. The Morgan fingerprint density at radius 2 is 2.24 bits per heavy atom. The minimum absolute atomic E-state index is 0.0395. The molecule has 1 heterocycles. The second-order valence-electron chi connectivity index (χ2n) is 4.49. The molecule has 0 spiro atoms. The maximum Gasteiger partial charge on any atom is 0.248 e. The molecule has 1 aliphatic carbocycles. The van der Waals surface area contributed by atoms with E-state index in [1.807, 2.05) is 6.07 Å². The van der Waals surface area contributed by atoms with Crippen molar-refractivity contribution >= 4 is 43.2 Å². The van der Waals surface area contributed by atoms with Crippen LogP contribution in [0.4, 0.5) is 8.78 Å². The number of hydrogen-bond acceptors (Lipinski definition) is 2. The lowest BCUT2D eigenvalue weighted by Gasteiger charge is -2.14. The lowest BCUT2D eigenvalue weighted by atomic mass is 9.99. The average Bonchev–Trinajstić information content (AvgIpc) is 2.71. The van der Waals surface area contributed by atoms with Crippen molar-refractivity contribution in [1.29, 1.82) is 0 Å². The van der Waals surface area contributed by atoms with E-state index in [2.05, 4.69) is 31.9 Å². The molecular weight excluding hydrogens is 378 g/mol. The highest BCUT2D eigenvalue weighted by atomic mass is 79.9.